The Balaban J connectivity index is 2.15. The maximum Gasteiger partial charge on any atom is 0.337 e. The van der Waals surface area contributed by atoms with Gasteiger partial charge in [0.15, 0.2) is 0 Å². The lowest BCUT2D eigenvalue weighted by Crippen LogP contribution is -2.04. The molecule has 94 valence electrons. The number of carboxylic acid groups (broad SMARTS) is 1. The molecule has 0 atom stereocenters. The van der Waals surface area contributed by atoms with Crippen LogP contribution in [-0.4, -0.2) is 21.3 Å². The third-order valence-corrected chi connectivity index (χ3v) is 2.96. The van der Waals surface area contributed by atoms with Crippen molar-refractivity contribution in [1.82, 2.24) is 10.2 Å². The first-order chi connectivity index (χ1) is 9.15. The molecule has 0 radical (unpaired) electrons. The second kappa shape index (κ2) is 4.20. The van der Waals surface area contributed by atoms with E-state index in [0.29, 0.717) is 11.4 Å². The first-order valence-electron chi connectivity index (χ1n) is 5.70. The summed E-state index contributed by atoms with van der Waals surface area (Å²) < 4.78 is 5.26. The molecule has 0 fully saturated rings. The van der Waals surface area contributed by atoms with Gasteiger partial charge in [-0.15, -0.1) is 0 Å². The Bertz CT molecular complexity index is 777. The van der Waals surface area contributed by atoms with Crippen molar-refractivity contribution in [1.29, 1.82) is 0 Å². The van der Waals surface area contributed by atoms with Crippen LogP contribution in [0.3, 0.4) is 0 Å². The van der Waals surface area contributed by atoms with Crippen molar-refractivity contribution in [2.45, 2.75) is 6.92 Å². The molecule has 0 aliphatic rings. The van der Waals surface area contributed by atoms with Gasteiger partial charge in [0.1, 0.15) is 5.58 Å². The highest BCUT2D eigenvalue weighted by Gasteiger charge is 2.12. The zero-order valence-corrected chi connectivity index (χ0v) is 10.1. The highest BCUT2D eigenvalue weighted by molar-refractivity contribution is 5.90. The lowest BCUT2D eigenvalue weighted by Gasteiger charge is -2.03. The summed E-state index contributed by atoms with van der Waals surface area (Å²) in [7, 11) is 0. The molecule has 0 saturated heterocycles. The number of carbonyl (C=O) groups is 1. The van der Waals surface area contributed by atoms with Gasteiger partial charge in [-0.1, -0.05) is 0 Å². The van der Waals surface area contributed by atoms with Gasteiger partial charge in [-0.3, -0.25) is 0 Å². The van der Waals surface area contributed by atoms with E-state index in [0.717, 1.165) is 16.5 Å². The average Bonchev–Trinajstić information content (AvgIpc) is 2.86. The van der Waals surface area contributed by atoms with Crippen LogP contribution in [0, 0.1) is 6.92 Å². The minimum Gasteiger partial charge on any atom is -0.478 e. The molecule has 5 nitrogen and oxygen atoms in total. The summed E-state index contributed by atoms with van der Waals surface area (Å²) in [4.78, 5) is 11.1. The van der Waals surface area contributed by atoms with Crippen molar-refractivity contribution in [3.8, 4) is 11.3 Å². The van der Waals surface area contributed by atoms with Crippen LogP contribution < -0.4 is 0 Å². The number of rotatable bonds is 2. The van der Waals surface area contributed by atoms with Crippen LogP contribution in [-0.2, 0) is 0 Å². The van der Waals surface area contributed by atoms with E-state index in [1.807, 2.05) is 24.3 Å². The van der Waals surface area contributed by atoms with Gasteiger partial charge in [0.2, 0.25) is 0 Å². The van der Waals surface area contributed by atoms with Crippen molar-refractivity contribution in [3.05, 3.63) is 47.9 Å². The molecular formula is C14H10N2O3. The molecule has 0 saturated carbocycles. The van der Waals surface area contributed by atoms with Crippen LogP contribution in [0.2, 0.25) is 0 Å². The molecule has 0 aliphatic heterocycles. The summed E-state index contributed by atoms with van der Waals surface area (Å²) in [6.07, 6.45) is 1.61. The molecule has 1 N–H and O–H groups in total. The van der Waals surface area contributed by atoms with Crippen LogP contribution in [0.5, 0.6) is 0 Å². The summed E-state index contributed by atoms with van der Waals surface area (Å²) in [6, 6.07) is 8.93. The summed E-state index contributed by atoms with van der Waals surface area (Å²) in [6.45, 7) is 1.62. The van der Waals surface area contributed by atoms with Gasteiger partial charge >= 0.3 is 5.97 Å². The first-order valence-corrected chi connectivity index (χ1v) is 5.70. The summed E-state index contributed by atoms with van der Waals surface area (Å²) >= 11 is 0. The summed E-state index contributed by atoms with van der Waals surface area (Å²) in [5.74, 6) is -1.00. The maximum absolute atomic E-state index is 11.1. The summed E-state index contributed by atoms with van der Waals surface area (Å²) in [5, 5.41) is 18.0. The highest BCUT2D eigenvalue weighted by Crippen LogP contribution is 2.24. The van der Waals surface area contributed by atoms with E-state index in [4.69, 9.17) is 9.52 Å². The highest BCUT2D eigenvalue weighted by atomic mass is 16.4. The van der Waals surface area contributed by atoms with Gasteiger partial charge in [0.05, 0.1) is 23.2 Å². The number of aromatic carboxylic acids is 1. The second-order valence-corrected chi connectivity index (χ2v) is 4.21. The number of fused-ring (bicyclic) bond motifs is 1. The molecule has 1 aromatic carbocycles. The zero-order chi connectivity index (χ0) is 13.4. The van der Waals surface area contributed by atoms with E-state index in [-0.39, 0.29) is 5.56 Å². The van der Waals surface area contributed by atoms with E-state index in [9.17, 15) is 4.79 Å². The lowest BCUT2D eigenvalue weighted by atomic mass is 10.1. The average molecular weight is 254 g/mol. The minimum atomic E-state index is -1.00. The third-order valence-electron chi connectivity index (χ3n) is 2.96. The smallest absolute Gasteiger partial charge is 0.337 e. The molecule has 5 heteroatoms. The van der Waals surface area contributed by atoms with Crippen molar-refractivity contribution in [2.24, 2.45) is 0 Å². The Morgan fingerprint density at radius 2 is 2.05 bits per heavy atom. The Kier molecular flexibility index (Phi) is 2.52. The fourth-order valence-electron chi connectivity index (χ4n) is 1.94. The Hall–Kier alpha value is -2.69. The Morgan fingerprint density at radius 1 is 1.21 bits per heavy atom. The number of hydrogen-bond donors (Lipinski definition) is 1. The standard InChI is InChI=1S/C14H10N2O3/c1-8-11(14(17)18)7-12(16-15-8)9-2-3-13-10(6-9)4-5-19-13/h2-7H,1H3,(H,17,18). The number of aryl methyl sites for hydroxylation is 1. The number of aromatic nitrogens is 2. The van der Waals surface area contributed by atoms with Crippen LogP contribution in [0.15, 0.2) is 41.0 Å². The maximum atomic E-state index is 11.1. The third kappa shape index (κ3) is 1.95. The predicted octanol–water partition coefficient (Wildman–Crippen LogP) is 2.90. The SMILES string of the molecule is Cc1nnc(-c2ccc3occc3c2)cc1C(=O)O. The molecule has 2 aromatic heterocycles. The van der Waals surface area contributed by atoms with Crippen molar-refractivity contribution >= 4 is 16.9 Å². The van der Waals surface area contributed by atoms with E-state index >= 15 is 0 Å². The van der Waals surface area contributed by atoms with Crippen LogP contribution in [0.4, 0.5) is 0 Å². The largest absolute Gasteiger partial charge is 0.478 e. The van der Waals surface area contributed by atoms with Gasteiger partial charge < -0.3 is 9.52 Å². The monoisotopic (exact) mass is 254 g/mol. The molecule has 3 rings (SSSR count). The van der Waals surface area contributed by atoms with Crippen LogP contribution in [0.25, 0.3) is 22.2 Å². The molecule has 0 amide bonds. The van der Waals surface area contributed by atoms with Gasteiger partial charge in [0, 0.05) is 10.9 Å². The zero-order valence-electron chi connectivity index (χ0n) is 10.1. The Morgan fingerprint density at radius 3 is 2.84 bits per heavy atom. The quantitative estimate of drug-likeness (QED) is 0.760. The van der Waals surface area contributed by atoms with Crippen molar-refractivity contribution < 1.29 is 14.3 Å². The summed E-state index contributed by atoms with van der Waals surface area (Å²) in [5.41, 5.74) is 2.69. The number of nitrogens with zero attached hydrogens (tertiary/aromatic N) is 2. The van der Waals surface area contributed by atoms with E-state index in [1.165, 1.54) is 6.07 Å². The predicted molar refractivity (Wildman–Crippen MR) is 68.9 cm³/mol. The second-order valence-electron chi connectivity index (χ2n) is 4.21. The number of hydrogen-bond acceptors (Lipinski definition) is 4. The molecule has 0 spiro atoms. The molecule has 3 aromatic rings. The topological polar surface area (TPSA) is 76.2 Å². The lowest BCUT2D eigenvalue weighted by molar-refractivity contribution is 0.0695. The Labute approximate surface area is 108 Å². The number of benzene rings is 1. The van der Waals surface area contributed by atoms with Crippen LogP contribution >= 0.6 is 0 Å². The van der Waals surface area contributed by atoms with Gasteiger partial charge in [-0.2, -0.15) is 10.2 Å². The van der Waals surface area contributed by atoms with Crippen molar-refractivity contribution in [3.63, 3.8) is 0 Å². The van der Waals surface area contributed by atoms with E-state index in [2.05, 4.69) is 10.2 Å². The van der Waals surface area contributed by atoms with Crippen molar-refractivity contribution in [2.75, 3.05) is 0 Å². The van der Waals surface area contributed by atoms with Crippen LogP contribution in [0.1, 0.15) is 16.1 Å². The molecular weight excluding hydrogens is 244 g/mol. The van der Waals surface area contributed by atoms with E-state index < -0.39 is 5.97 Å². The first kappa shape index (κ1) is 11.4. The molecule has 0 bridgehead atoms. The molecule has 0 aliphatic carbocycles. The van der Waals surface area contributed by atoms with Gasteiger partial charge in [0.25, 0.3) is 0 Å². The fraction of sp³-hybridized carbons (Fsp3) is 0.0714. The number of furan rings is 1. The molecule has 2 heterocycles. The molecule has 0 unspecified atom stereocenters. The van der Waals surface area contributed by atoms with Gasteiger partial charge in [-0.05, 0) is 37.3 Å². The fourth-order valence-corrected chi connectivity index (χ4v) is 1.94. The van der Waals surface area contributed by atoms with Gasteiger partial charge in [-0.25, -0.2) is 4.79 Å². The number of carboxylic acids is 1. The normalized spacial score (nSPS) is 10.8. The van der Waals surface area contributed by atoms with E-state index in [1.54, 1.807) is 13.2 Å². The molecule has 19 heavy (non-hydrogen) atoms. The minimum absolute atomic E-state index is 0.164.